The molecule has 7 nitrogen and oxygen atoms in total. The summed E-state index contributed by atoms with van der Waals surface area (Å²) in [4.78, 5) is 42.6. The van der Waals surface area contributed by atoms with Gasteiger partial charge in [-0.3, -0.25) is 9.59 Å². The van der Waals surface area contributed by atoms with Crippen LogP contribution in [0.4, 0.5) is 4.79 Å². The first-order valence-electron chi connectivity index (χ1n) is 12.1. The van der Waals surface area contributed by atoms with Crippen LogP contribution < -0.4 is 5.32 Å². The smallest absolute Gasteiger partial charge is 0.317 e. The van der Waals surface area contributed by atoms with Gasteiger partial charge in [0.05, 0.1) is 0 Å². The highest BCUT2D eigenvalue weighted by atomic mass is 16.2. The molecule has 0 bridgehead atoms. The van der Waals surface area contributed by atoms with Gasteiger partial charge in [0.15, 0.2) is 0 Å². The van der Waals surface area contributed by atoms with Gasteiger partial charge in [0.1, 0.15) is 0 Å². The van der Waals surface area contributed by atoms with Crippen LogP contribution in [0.5, 0.6) is 0 Å². The van der Waals surface area contributed by atoms with Crippen LogP contribution in [-0.4, -0.2) is 72.3 Å². The number of hydrogen-bond acceptors (Lipinski definition) is 3. The molecule has 0 atom stereocenters. The van der Waals surface area contributed by atoms with Crippen molar-refractivity contribution in [2.24, 2.45) is 5.92 Å². The second-order valence-electron chi connectivity index (χ2n) is 9.13. The Morgan fingerprint density at radius 2 is 1.50 bits per heavy atom. The van der Waals surface area contributed by atoms with E-state index in [2.05, 4.69) is 5.32 Å². The number of amides is 4. The summed E-state index contributed by atoms with van der Waals surface area (Å²) in [6, 6.07) is 9.62. The van der Waals surface area contributed by atoms with E-state index in [1.807, 2.05) is 40.1 Å². The Morgan fingerprint density at radius 3 is 2.12 bits per heavy atom. The summed E-state index contributed by atoms with van der Waals surface area (Å²) in [6.45, 7) is 3.23. The van der Waals surface area contributed by atoms with Crippen LogP contribution >= 0.6 is 0 Å². The van der Waals surface area contributed by atoms with E-state index in [1.165, 1.54) is 32.1 Å². The number of carbonyl (C=O) groups excluding carboxylic acids is 3. The predicted octanol–water partition coefficient (Wildman–Crippen LogP) is 3.25. The summed E-state index contributed by atoms with van der Waals surface area (Å²) >= 11 is 0. The van der Waals surface area contributed by atoms with Gasteiger partial charge in [-0.2, -0.15) is 0 Å². The normalized spacial score (nSPS) is 17.2. The Kier molecular flexibility index (Phi) is 9.38. The van der Waals surface area contributed by atoms with Crippen molar-refractivity contribution in [3.05, 3.63) is 35.9 Å². The molecule has 0 aromatic heterocycles. The van der Waals surface area contributed by atoms with Crippen LogP contribution in [0.1, 0.15) is 56.9 Å². The number of benzene rings is 1. The molecule has 0 radical (unpaired) electrons. The van der Waals surface area contributed by atoms with Crippen molar-refractivity contribution in [1.29, 1.82) is 0 Å². The zero-order chi connectivity index (χ0) is 22.8. The van der Waals surface area contributed by atoms with Gasteiger partial charge in [-0.25, -0.2) is 4.79 Å². The molecule has 1 saturated carbocycles. The van der Waals surface area contributed by atoms with E-state index < -0.39 is 0 Å². The van der Waals surface area contributed by atoms with Gasteiger partial charge in [0, 0.05) is 59.2 Å². The minimum absolute atomic E-state index is 0.0327. The van der Waals surface area contributed by atoms with Gasteiger partial charge in [-0.15, -0.1) is 0 Å². The summed E-state index contributed by atoms with van der Waals surface area (Å²) in [5.74, 6) is 0.985. The zero-order valence-electron chi connectivity index (χ0n) is 19.4. The van der Waals surface area contributed by atoms with E-state index in [1.54, 1.807) is 11.9 Å². The number of carbonyl (C=O) groups is 3. The van der Waals surface area contributed by atoms with Gasteiger partial charge >= 0.3 is 6.03 Å². The molecule has 1 heterocycles. The highest BCUT2D eigenvalue weighted by Crippen LogP contribution is 2.27. The monoisotopic (exact) mass is 442 g/mol. The predicted molar refractivity (Wildman–Crippen MR) is 125 cm³/mol. The van der Waals surface area contributed by atoms with E-state index in [0.29, 0.717) is 45.7 Å². The largest absolute Gasteiger partial charge is 0.339 e. The average molecular weight is 443 g/mol. The highest BCUT2D eigenvalue weighted by molar-refractivity contribution is 5.79. The van der Waals surface area contributed by atoms with Gasteiger partial charge in [0.25, 0.3) is 0 Å². The van der Waals surface area contributed by atoms with E-state index in [9.17, 15) is 14.4 Å². The van der Waals surface area contributed by atoms with E-state index in [-0.39, 0.29) is 24.3 Å². The molecule has 1 saturated heterocycles. The number of piperazine rings is 1. The molecule has 4 amide bonds. The molecule has 0 spiro atoms. The van der Waals surface area contributed by atoms with E-state index >= 15 is 0 Å². The van der Waals surface area contributed by atoms with Crippen LogP contribution in [0.15, 0.2) is 30.3 Å². The molecule has 2 fully saturated rings. The molecule has 1 aliphatic carbocycles. The Bertz CT molecular complexity index is 741. The van der Waals surface area contributed by atoms with Crippen molar-refractivity contribution in [2.75, 3.05) is 39.8 Å². The van der Waals surface area contributed by atoms with Crippen molar-refractivity contribution in [3.63, 3.8) is 0 Å². The first-order chi connectivity index (χ1) is 15.5. The quantitative estimate of drug-likeness (QED) is 0.672. The first kappa shape index (κ1) is 24.1. The lowest BCUT2D eigenvalue weighted by Crippen LogP contribution is -2.51. The average Bonchev–Trinajstić information content (AvgIpc) is 2.83. The fourth-order valence-corrected chi connectivity index (χ4v) is 4.67. The molecular formula is C25H38N4O3. The lowest BCUT2D eigenvalue weighted by molar-refractivity contribution is -0.139. The van der Waals surface area contributed by atoms with E-state index in [0.717, 1.165) is 17.9 Å². The van der Waals surface area contributed by atoms with Gasteiger partial charge in [-0.05, 0) is 17.9 Å². The van der Waals surface area contributed by atoms with Crippen molar-refractivity contribution in [2.45, 2.75) is 57.9 Å². The Morgan fingerprint density at radius 1 is 0.906 bits per heavy atom. The van der Waals surface area contributed by atoms with Crippen molar-refractivity contribution in [1.82, 2.24) is 20.0 Å². The van der Waals surface area contributed by atoms with Crippen LogP contribution in [0, 0.1) is 5.92 Å². The summed E-state index contributed by atoms with van der Waals surface area (Å²) < 4.78 is 0. The second-order valence-corrected chi connectivity index (χ2v) is 9.13. The maximum Gasteiger partial charge on any atom is 0.317 e. The third-order valence-electron chi connectivity index (χ3n) is 6.70. The molecule has 32 heavy (non-hydrogen) atoms. The molecule has 1 aliphatic heterocycles. The molecule has 2 aliphatic rings. The molecule has 0 unspecified atom stereocenters. The first-order valence-corrected chi connectivity index (χ1v) is 12.1. The topological polar surface area (TPSA) is 73.0 Å². The molecule has 3 rings (SSSR count). The lowest BCUT2D eigenvalue weighted by Gasteiger charge is -2.35. The van der Waals surface area contributed by atoms with Crippen molar-refractivity contribution >= 4 is 17.8 Å². The maximum atomic E-state index is 12.5. The fourth-order valence-electron chi connectivity index (χ4n) is 4.67. The number of urea groups is 1. The molecule has 1 N–H and O–H groups in total. The summed E-state index contributed by atoms with van der Waals surface area (Å²) in [7, 11) is 1.74. The highest BCUT2D eigenvalue weighted by Gasteiger charge is 2.24. The fraction of sp³-hybridized carbons (Fsp3) is 0.640. The molecular weight excluding hydrogens is 404 g/mol. The third kappa shape index (κ3) is 7.53. The minimum Gasteiger partial charge on any atom is -0.339 e. The Balaban J connectivity index is 1.29. The van der Waals surface area contributed by atoms with Crippen molar-refractivity contribution in [3.8, 4) is 0 Å². The lowest BCUT2D eigenvalue weighted by atomic mass is 9.86. The molecule has 176 valence electrons. The second kappa shape index (κ2) is 12.5. The molecule has 1 aromatic carbocycles. The van der Waals surface area contributed by atoms with Crippen LogP contribution in [0.2, 0.25) is 0 Å². The summed E-state index contributed by atoms with van der Waals surface area (Å²) in [5, 5.41) is 2.82. The van der Waals surface area contributed by atoms with Gasteiger partial charge in [0.2, 0.25) is 11.8 Å². The minimum atomic E-state index is -0.185. The number of rotatable bonds is 8. The van der Waals surface area contributed by atoms with E-state index in [4.69, 9.17) is 0 Å². The summed E-state index contributed by atoms with van der Waals surface area (Å²) in [5.41, 5.74) is 1.06. The number of hydrogen-bond donors (Lipinski definition) is 1. The van der Waals surface area contributed by atoms with Crippen LogP contribution in [0.3, 0.4) is 0 Å². The Labute approximate surface area is 192 Å². The number of nitrogens with zero attached hydrogens (tertiary/aromatic N) is 3. The zero-order valence-corrected chi connectivity index (χ0v) is 19.4. The van der Waals surface area contributed by atoms with Crippen LogP contribution in [-0.2, 0) is 16.1 Å². The van der Waals surface area contributed by atoms with Crippen molar-refractivity contribution < 1.29 is 14.4 Å². The van der Waals surface area contributed by atoms with Gasteiger partial charge < -0.3 is 20.0 Å². The maximum absolute atomic E-state index is 12.5. The SMILES string of the molecule is CN(Cc1ccccc1)C(=O)NCCC(=O)N1CCN(C(=O)CCC2CCCCC2)CC1. The molecule has 1 aromatic rings. The number of nitrogens with one attached hydrogen (secondary N) is 1. The summed E-state index contributed by atoms with van der Waals surface area (Å²) in [6.07, 6.45) is 8.43. The standard InChI is InChI=1S/C25H38N4O3/c1-27(20-22-10-6-3-7-11-22)25(32)26-15-14-24(31)29-18-16-28(17-19-29)23(30)13-12-21-8-4-2-5-9-21/h3,6-7,10-11,21H,2,4-5,8-9,12-20H2,1H3,(H,26,32). The van der Waals surface area contributed by atoms with Gasteiger partial charge in [-0.1, -0.05) is 62.4 Å². The van der Waals surface area contributed by atoms with Crippen LogP contribution in [0.25, 0.3) is 0 Å². The molecule has 7 heteroatoms. The third-order valence-corrected chi connectivity index (χ3v) is 6.70. The Hall–Kier alpha value is -2.57.